The lowest BCUT2D eigenvalue weighted by molar-refractivity contribution is 0.105. The summed E-state index contributed by atoms with van der Waals surface area (Å²) in [7, 11) is -3.84. The summed E-state index contributed by atoms with van der Waals surface area (Å²) < 4.78 is 23.3. The van der Waals surface area contributed by atoms with Gasteiger partial charge in [0.2, 0.25) is 0 Å². The second-order valence-corrected chi connectivity index (χ2v) is 4.80. The van der Waals surface area contributed by atoms with E-state index in [4.69, 9.17) is 16.9 Å². The van der Waals surface area contributed by atoms with Crippen LogP contribution >= 0.6 is 11.6 Å². The summed E-state index contributed by atoms with van der Waals surface area (Å²) in [4.78, 5) is 6.32. The van der Waals surface area contributed by atoms with Gasteiger partial charge in [0, 0.05) is 0 Å². The molecule has 7 heteroatoms. The van der Waals surface area contributed by atoms with Crippen LogP contribution < -0.4 is 4.89 Å². The van der Waals surface area contributed by atoms with Gasteiger partial charge < -0.3 is 0 Å². The predicted octanol–water partition coefficient (Wildman–Crippen LogP) is 1.44. The molecule has 0 radical (unpaired) electrons. The van der Waals surface area contributed by atoms with E-state index in [-0.39, 0.29) is 22.1 Å². The van der Waals surface area contributed by atoms with Gasteiger partial charge in [0.25, 0.3) is 10.0 Å². The number of benzene rings is 1. The van der Waals surface area contributed by atoms with Crippen molar-refractivity contribution in [2.45, 2.75) is 11.8 Å². The van der Waals surface area contributed by atoms with E-state index in [1.807, 2.05) is 11.0 Å². The van der Waals surface area contributed by atoms with Crippen molar-refractivity contribution < 1.29 is 13.3 Å². The Hall–Kier alpha value is -1.13. The van der Waals surface area contributed by atoms with Gasteiger partial charge in [-0.25, -0.2) is 8.42 Å². The van der Waals surface area contributed by atoms with Crippen LogP contribution in [-0.2, 0) is 14.9 Å². The summed E-state index contributed by atoms with van der Waals surface area (Å²) in [5, 5.41) is 8.69. The number of hydrogen-bond donors (Lipinski definition) is 1. The molecule has 0 aliphatic heterocycles. The van der Waals surface area contributed by atoms with E-state index in [0.717, 1.165) is 0 Å². The minimum absolute atomic E-state index is 0.0335. The van der Waals surface area contributed by atoms with Gasteiger partial charge in [-0.05, 0) is 25.1 Å². The smallest absolute Gasteiger partial charge is 0.263 e. The molecule has 0 atom stereocenters. The second kappa shape index (κ2) is 5.27. The monoisotopic (exact) mass is 260 g/mol. The van der Waals surface area contributed by atoms with Crippen LogP contribution in [0.25, 0.3) is 0 Å². The molecule has 16 heavy (non-hydrogen) atoms. The van der Waals surface area contributed by atoms with Crippen LogP contribution in [0.15, 0.2) is 23.1 Å². The van der Waals surface area contributed by atoms with E-state index < -0.39 is 10.0 Å². The van der Waals surface area contributed by atoms with Crippen molar-refractivity contribution in [3.63, 3.8) is 0 Å². The van der Waals surface area contributed by atoms with Crippen molar-refractivity contribution in [1.82, 2.24) is 4.89 Å². The quantitative estimate of drug-likeness (QED) is 0.831. The van der Waals surface area contributed by atoms with Gasteiger partial charge in [-0.3, -0.25) is 4.84 Å². The van der Waals surface area contributed by atoms with Crippen molar-refractivity contribution >= 4 is 21.6 Å². The van der Waals surface area contributed by atoms with Crippen molar-refractivity contribution in [2.24, 2.45) is 0 Å². The van der Waals surface area contributed by atoms with Crippen molar-refractivity contribution in [1.29, 1.82) is 5.26 Å². The maximum atomic E-state index is 11.7. The molecule has 0 saturated carbocycles. The molecule has 0 spiro atoms. The topological polar surface area (TPSA) is 79.2 Å². The first kappa shape index (κ1) is 12.9. The van der Waals surface area contributed by atoms with Crippen LogP contribution in [0.3, 0.4) is 0 Å². The van der Waals surface area contributed by atoms with Crippen molar-refractivity contribution in [3.8, 4) is 6.07 Å². The Labute approximate surface area is 98.6 Å². The van der Waals surface area contributed by atoms with Gasteiger partial charge in [0.15, 0.2) is 0 Å². The number of nitrogens with one attached hydrogen (secondary N) is 1. The van der Waals surface area contributed by atoms with Crippen LogP contribution in [0.4, 0.5) is 0 Å². The van der Waals surface area contributed by atoms with E-state index >= 15 is 0 Å². The van der Waals surface area contributed by atoms with Crippen LogP contribution in [0.2, 0.25) is 5.02 Å². The molecule has 0 aliphatic rings. The molecule has 0 amide bonds. The zero-order valence-electron chi connectivity index (χ0n) is 8.40. The summed E-state index contributed by atoms with van der Waals surface area (Å²) in [5.41, 5.74) is 0.210. The Morgan fingerprint density at radius 1 is 1.56 bits per heavy atom. The zero-order chi connectivity index (χ0) is 12.2. The lowest BCUT2D eigenvalue weighted by Gasteiger charge is -2.07. The highest BCUT2D eigenvalue weighted by Gasteiger charge is 2.18. The summed E-state index contributed by atoms with van der Waals surface area (Å²) in [6.07, 6.45) is 0. The molecule has 0 saturated heterocycles. The fraction of sp³-hybridized carbons (Fsp3) is 0.222. The minimum atomic E-state index is -3.84. The lowest BCUT2D eigenvalue weighted by Crippen LogP contribution is -2.24. The van der Waals surface area contributed by atoms with Gasteiger partial charge in [0.1, 0.15) is 4.90 Å². The van der Waals surface area contributed by atoms with E-state index in [1.165, 1.54) is 18.2 Å². The first-order valence-electron chi connectivity index (χ1n) is 4.34. The number of halogens is 1. The third kappa shape index (κ3) is 2.93. The summed E-state index contributed by atoms with van der Waals surface area (Å²) in [6.45, 7) is 1.82. The highest BCUT2D eigenvalue weighted by molar-refractivity contribution is 7.89. The maximum Gasteiger partial charge on any atom is 0.263 e. The minimum Gasteiger partial charge on any atom is -0.287 e. The molecule has 0 bridgehead atoms. The largest absolute Gasteiger partial charge is 0.287 e. The van der Waals surface area contributed by atoms with E-state index in [9.17, 15) is 8.42 Å². The van der Waals surface area contributed by atoms with Crippen molar-refractivity contribution in [3.05, 3.63) is 28.8 Å². The van der Waals surface area contributed by atoms with E-state index in [0.29, 0.717) is 0 Å². The van der Waals surface area contributed by atoms with Gasteiger partial charge >= 0.3 is 0 Å². The van der Waals surface area contributed by atoms with E-state index in [1.54, 1.807) is 6.92 Å². The van der Waals surface area contributed by atoms with Gasteiger partial charge in [0.05, 0.1) is 23.3 Å². The molecular weight excluding hydrogens is 252 g/mol. The van der Waals surface area contributed by atoms with E-state index in [2.05, 4.69) is 4.84 Å². The molecule has 0 aliphatic carbocycles. The van der Waals surface area contributed by atoms with Crippen LogP contribution in [0.1, 0.15) is 12.5 Å². The first-order valence-corrected chi connectivity index (χ1v) is 6.20. The van der Waals surface area contributed by atoms with Gasteiger partial charge in [-0.15, -0.1) is 0 Å². The number of hydrogen-bond acceptors (Lipinski definition) is 4. The Bertz CT molecular complexity index is 522. The molecule has 1 N–H and O–H groups in total. The van der Waals surface area contributed by atoms with Crippen LogP contribution in [0, 0.1) is 11.3 Å². The second-order valence-electron chi connectivity index (χ2n) is 2.78. The Kier molecular flexibility index (Phi) is 4.26. The molecule has 1 aromatic carbocycles. The Morgan fingerprint density at radius 3 is 2.81 bits per heavy atom. The summed E-state index contributed by atoms with van der Waals surface area (Å²) in [6, 6.07) is 5.80. The molecule has 86 valence electrons. The van der Waals surface area contributed by atoms with Crippen LogP contribution in [-0.4, -0.2) is 15.0 Å². The average molecular weight is 261 g/mol. The third-order valence-corrected chi connectivity index (χ3v) is 3.36. The summed E-state index contributed by atoms with van der Waals surface area (Å²) >= 11 is 5.73. The molecule has 0 aromatic heterocycles. The number of sulfonamides is 1. The van der Waals surface area contributed by atoms with Crippen molar-refractivity contribution in [2.75, 3.05) is 6.61 Å². The fourth-order valence-electron chi connectivity index (χ4n) is 0.960. The molecule has 0 heterocycles. The molecule has 1 rings (SSSR count). The number of nitriles is 1. The first-order chi connectivity index (χ1) is 7.51. The maximum absolute atomic E-state index is 11.7. The molecule has 1 aromatic rings. The van der Waals surface area contributed by atoms with Crippen LogP contribution in [0.5, 0.6) is 0 Å². The number of nitrogens with zero attached hydrogens (tertiary/aromatic N) is 1. The van der Waals surface area contributed by atoms with Gasteiger partial charge in [-0.2, -0.15) is 5.26 Å². The third-order valence-electron chi connectivity index (χ3n) is 1.66. The highest BCUT2D eigenvalue weighted by Crippen LogP contribution is 2.22. The lowest BCUT2D eigenvalue weighted by atomic mass is 10.2. The zero-order valence-corrected chi connectivity index (χ0v) is 9.97. The predicted molar refractivity (Wildman–Crippen MR) is 58.1 cm³/mol. The van der Waals surface area contributed by atoms with Gasteiger partial charge in [-0.1, -0.05) is 16.5 Å². The standard InChI is InChI=1S/C9H9ClN2O3S/c1-2-15-12-16(13,14)9-5-7(6-11)3-4-8(9)10/h3-5,12H,2H2,1H3. The average Bonchev–Trinajstić information content (AvgIpc) is 2.27. The Balaban J connectivity index is 3.17. The fourth-order valence-corrected chi connectivity index (χ4v) is 2.35. The molecular formula is C9H9ClN2O3S. The molecule has 5 nitrogen and oxygen atoms in total. The normalized spacial score (nSPS) is 11.1. The SMILES string of the molecule is CCONS(=O)(=O)c1cc(C#N)ccc1Cl. The molecule has 0 fully saturated rings. The Morgan fingerprint density at radius 2 is 2.25 bits per heavy atom. The number of rotatable bonds is 4. The summed E-state index contributed by atoms with van der Waals surface area (Å²) in [5.74, 6) is 0. The highest BCUT2D eigenvalue weighted by atomic mass is 35.5. The molecule has 0 unspecified atom stereocenters.